The smallest absolute Gasteiger partial charge is 0.328 e. The van der Waals surface area contributed by atoms with Crippen molar-refractivity contribution in [1.29, 1.82) is 0 Å². The number of amides is 1. The van der Waals surface area contributed by atoms with Gasteiger partial charge in [0.1, 0.15) is 17.9 Å². The molecule has 2 aromatic rings. The van der Waals surface area contributed by atoms with Gasteiger partial charge >= 0.3 is 11.9 Å². The molecule has 8 nitrogen and oxygen atoms in total. The molecule has 2 aromatic carbocycles. The number of rotatable bonds is 17. The molecule has 1 amide bonds. The van der Waals surface area contributed by atoms with Gasteiger partial charge in [0.05, 0.1) is 13.2 Å². The highest BCUT2D eigenvalue weighted by Crippen LogP contribution is 2.08. The van der Waals surface area contributed by atoms with E-state index in [2.05, 4.69) is 10.6 Å². The molecule has 8 heteroatoms. The molecule has 0 fully saturated rings. The second kappa shape index (κ2) is 17.0. The highest BCUT2D eigenvalue weighted by atomic mass is 16.5. The number of hydrogen-bond acceptors (Lipinski definition) is 7. The van der Waals surface area contributed by atoms with Crippen LogP contribution in [0, 0.1) is 0 Å². The quantitative estimate of drug-likeness (QED) is 0.248. The van der Waals surface area contributed by atoms with Crippen molar-refractivity contribution in [2.75, 3.05) is 20.3 Å². The van der Waals surface area contributed by atoms with Crippen molar-refractivity contribution in [3.8, 4) is 0 Å². The molecule has 0 aliphatic rings. The van der Waals surface area contributed by atoms with E-state index in [1.807, 2.05) is 60.7 Å². The second-order valence-corrected chi connectivity index (χ2v) is 8.94. The Morgan fingerprint density at radius 1 is 0.703 bits per heavy atom. The SMILES string of the molecule is CNC(Cc1ccccc1)C(=O)OCCCOC(=O)C(Cc1ccccc1)NC(=O)CCCCC(C)=O. The summed E-state index contributed by atoms with van der Waals surface area (Å²) in [6, 6.07) is 17.7. The molecule has 2 rings (SSSR count). The summed E-state index contributed by atoms with van der Waals surface area (Å²) in [7, 11) is 1.71. The number of unbranched alkanes of at least 4 members (excludes halogenated alkanes) is 1. The van der Waals surface area contributed by atoms with Gasteiger partial charge in [0, 0.05) is 25.7 Å². The number of Topliss-reactive ketones (excluding diaryl/α,β-unsaturated/α-hetero) is 1. The zero-order chi connectivity index (χ0) is 26.9. The molecule has 37 heavy (non-hydrogen) atoms. The molecule has 0 aliphatic carbocycles. The number of carbonyl (C=O) groups excluding carboxylic acids is 4. The minimum Gasteiger partial charge on any atom is -0.464 e. The fraction of sp³-hybridized carbons (Fsp3) is 0.448. The Morgan fingerprint density at radius 3 is 1.70 bits per heavy atom. The maximum Gasteiger partial charge on any atom is 0.328 e. The van der Waals surface area contributed by atoms with Crippen LogP contribution in [0.4, 0.5) is 0 Å². The topological polar surface area (TPSA) is 111 Å². The third-order valence-electron chi connectivity index (χ3n) is 5.78. The Labute approximate surface area is 219 Å². The molecule has 2 unspecified atom stereocenters. The molecule has 2 atom stereocenters. The monoisotopic (exact) mass is 510 g/mol. The number of carbonyl (C=O) groups is 4. The molecule has 0 heterocycles. The number of hydrogen-bond donors (Lipinski definition) is 2. The average molecular weight is 511 g/mol. The van der Waals surface area contributed by atoms with E-state index >= 15 is 0 Å². The number of ether oxygens (including phenoxy) is 2. The molecular formula is C29H38N2O6. The van der Waals surface area contributed by atoms with E-state index in [1.165, 1.54) is 6.92 Å². The lowest BCUT2D eigenvalue weighted by molar-refractivity contribution is -0.150. The van der Waals surface area contributed by atoms with Crippen LogP contribution >= 0.6 is 0 Å². The molecular weight excluding hydrogens is 472 g/mol. The first kappa shape index (κ1) is 29.7. The zero-order valence-corrected chi connectivity index (χ0v) is 21.7. The predicted molar refractivity (Wildman–Crippen MR) is 141 cm³/mol. The summed E-state index contributed by atoms with van der Waals surface area (Å²) in [4.78, 5) is 48.6. The summed E-state index contributed by atoms with van der Waals surface area (Å²) in [5, 5.41) is 5.74. The van der Waals surface area contributed by atoms with Crippen LogP contribution in [0.25, 0.3) is 0 Å². The van der Waals surface area contributed by atoms with Crippen molar-refractivity contribution in [1.82, 2.24) is 10.6 Å². The van der Waals surface area contributed by atoms with E-state index in [-0.39, 0.29) is 37.3 Å². The first-order chi connectivity index (χ1) is 17.9. The van der Waals surface area contributed by atoms with Crippen LogP contribution in [0.2, 0.25) is 0 Å². The third kappa shape index (κ3) is 12.3. The standard InChI is InChI=1S/C29H38N2O6/c1-22(32)12-9-10-17-27(33)31-26(21-24-15-7-4-8-16-24)29(35)37-19-11-18-36-28(34)25(30-2)20-23-13-5-3-6-14-23/h3-8,13-16,25-26,30H,9-12,17-21H2,1-2H3,(H,31,33). The van der Waals surface area contributed by atoms with Gasteiger partial charge in [-0.15, -0.1) is 0 Å². The molecule has 200 valence electrons. The van der Waals surface area contributed by atoms with Crippen LogP contribution in [-0.2, 0) is 41.5 Å². The lowest BCUT2D eigenvalue weighted by Crippen LogP contribution is -2.43. The zero-order valence-electron chi connectivity index (χ0n) is 21.7. The van der Waals surface area contributed by atoms with E-state index < -0.39 is 18.1 Å². The molecule has 0 aliphatic heterocycles. The summed E-state index contributed by atoms with van der Waals surface area (Å²) in [5.41, 5.74) is 1.92. The molecule has 2 N–H and O–H groups in total. The average Bonchev–Trinajstić information content (AvgIpc) is 2.90. The van der Waals surface area contributed by atoms with Gasteiger partial charge in [0.15, 0.2) is 0 Å². The number of esters is 2. The first-order valence-corrected chi connectivity index (χ1v) is 12.8. The van der Waals surface area contributed by atoms with Gasteiger partial charge in [-0.2, -0.15) is 0 Å². The number of ketones is 1. The van der Waals surface area contributed by atoms with Gasteiger partial charge in [-0.25, -0.2) is 4.79 Å². The van der Waals surface area contributed by atoms with Gasteiger partial charge in [0.2, 0.25) is 5.91 Å². The Bertz CT molecular complexity index is 980. The minimum absolute atomic E-state index is 0.0643. The Morgan fingerprint density at radius 2 is 1.19 bits per heavy atom. The highest BCUT2D eigenvalue weighted by molar-refractivity contribution is 5.84. The Hall–Kier alpha value is -3.52. The summed E-state index contributed by atoms with van der Waals surface area (Å²) in [6.07, 6.45) is 3.04. The fourth-order valence-electron chi connectivity index (χ4n) is 3.73. The van der Waals surface area contributed by atoms with Crippen LogP contribution in [0.5, 0.6) is 0 Å². The molecule has 0 aromatic heterocycles. The fourth-order valence-corrected chi connectivity index (χ4v) is 3.73. The van der Waals surface area contributed by atoms with Gasteiger partial charge in [-0.05, 0) is 44.4 Å². The van der Waals surface area contributed by atoms with E-state index in [1.54, 1.807) is 7.05 Å². The Kier molecular flexibility index (Phi) is 13.7. The minimum atomic E-state index is -0.829. The maximum absolute atomic E-state index is 12.8. The number of nitrogens with one attached hydrogen (secondary N) is 2. The molecule has 0 saturated heterocycles. The number of benzene rings is 2. The van der Waals surface area contributed by atoms with Gasteiger partial charge in [-0.3, -0.25) is 9.59 Å². The maximum atomic E-state index is 12.8. The highest BCUT2D eigenvalue weighted by Gasteiger charge is 2.23. The van der Waals surface area contributed by atoms with Gasteiger partial charge in [-0.1, -0.05) is 60.7 Å². The van der Waals surface area contributed by atoms with Crippen molar-refractivity contribution in [3.63, 3.8) is 0 Å². The van der Waals surface area contributed by atoms with Crippen LogP contribution in [0.1, 0.15) is 50.2 Å². The van der Waals surface area contributed by atoms with Crippen molar-refractivity contribution < 1.29 is 28.7 Å². The molecule has 0 radical (unpaired) electrons. The van der Waals surface area contributed by atoms with E-state index in [9.17, 15) is 19.2 Å². The largest absolute Gasteiger partial charge is 0.464 e. The first-order valence-electron chi connectivity index (χ1n) is 12.8. The van der Waals surface area contributed by atoms with E-state index in [4.69, 9.17) is 9.47 Å². The van der Waals surface area contributed by atoms with Gasteiger partial charge < -0.3 is 24.9 Å². The molecule has 0 spiro atoms. The second-order valence-electron chi connectivity index (χ2n) is 8.94. The lowest BCUT2D eigenvalue weighted by atomic mass is 10.1. The predicted octanol–water partition coefficient (Wildman–Crippen LogP) is 3.17. The normalized spacial score (nSPS) is 12.3. The lowest BCUT2D eigenvalue weighted by Gasteiger charge is -2.18. The Balaban J connectivity index is 1.78. The van der Waals surface area contributed by atoms with Crippen molar-refractivity contribution in [2.45, 2.75) is 64.0 Å². The summed E-state index contributed by atoms with van der Waals surface area (Å²) >= 11 is 0. The van der Waals surface area contributed by atoms with E-state index in [0.29, 0.717) is 38.5 Å². The number of likely N-dealkylation sites (N-methyl/N-ethyl adjacent to an activating group) is 1. The molecule has 0 bridgehead atoms. The van der Waals surface area contributed by atoms with E-state index in [0.717, 1.165) is 11.1 Å². The summed E-state index contributed by atoms with van der Waals surface area (Å²) in [5.74, 6) is -1.07. The summed E-state index contributed by atoms with van der Waals surface area (Å²) in [6.45, 7) is 1.70. The van der Waals surface area contributed by atoms with Crippen molar-refractivity contribution >= 4 is 23.6 Å². The van der Waals surface area contributed by atoms with Crippen LogP contribution in [0.3, 0.4) is 0 Å². The van der Waals surface area contributed by atoms with Crippen molar-refractivity contribution in [3.05, 3.63) is 71.8 Å². The van der Waals surface area contributed by atoms with Crippen LogP contribution in [0.15, 0.2) is 60.7 Å². The van der Waals surface area contributed by atoms with Crippen LogP contribution < -0.4 is 10.6 Å². The summed E-state index contributed by atoms with van der Waals surface area (Å²) < 4.78 is 10.7. The van der Waals surface area contributed by atoms with Gasteiger partial charge in [0.25, 0.3) is 0 Å². The van der Waals surface area contributed by atoms with Crippen molar-refractivity contribution in [2.24, 2.45) is 0 Å². The van der Waals surface area contributed by atoms with Crippen LogP contribution in [-0.4, -0.2) is 56.0 Å². The third-order valence-corrected chi connectivity index (χ3v) is 5.78. The molecule has 0 saturated carbocycles.